The molecule has 0 spiro atoms. The average molecular weight is 319 g/mol. The number of ether oxygens (including phenoxy) is 1. The molecule has 0 amide bonds. The van der Waals surface area contributed by atoms with E-state index in [1.807, 2.05) is 6.92 Å². The molecule has 0 fully saturated rings. The first-order valence-electron chi connectivity index (χ1n) is 6.79. The Balaban J connectivity index is 2.23. The molecule has 0 aliphatic rings. The van der Waals surface area contributed by atoms with Crippen LogP contribution >= 0.6 is 0 Å². The zero-order valence-electron chi connectivity index (χ0n) is 12.4. The van der Waals surface area contributed by atoms with Crippen LogP contribution in [0.1, 0.15) is 24.2 Å². The van der Waals surface area contributed by atoms with Gasteiger partial charge in [-0.2, -0.15) is 0 Å². The van der Waals surface area contributed by atoms with Crippen molar-refractivity contribution in [2.75, 3.05) is 11.3 Å². The van der Waals surface area contributed by atoms with Crippen LogP contribution in [-0.4, -0.2) is 20.8 Å². The van der Waals surface area contributed by atoms with E-state index in [4.69, 9.17) is 4.74 Å². The third kappa shape index (κ3) is 3.85. The van der Waals surface area contributed by atoms with Crippen molar-refractivity contribution in [1.82, 2.24) is 0 Å². The molecule has 2 aromatic rings. The van der Waals surface area contributed by atoms with Crippen molar-refractivity contribution in [3.8, 4) is 5.75 Å². The molecule has 6 heteroatoms. The van der Waals surface area contributed by atoms with Gasteiger partial charge >= 0.3 is 0 Å². The Kier molecular flexibility index (Phi) is 4.82. The number of hydrogen-bond acceptors (Lipinski definition) is 4. The predicted molar refractivity (Wildman–Crippen MR) is 84.9 cm³/mol. The van der Waals surface area contributed by atoms with Gasteiger partial charge in [0, 0.05) is 11.3 Å². The van der Waals surface area contributed by atoms with E-state index in [0.717, 1.165) is 0 Å². The average Bonchev–Trinajstić information content (AvgIpc) is 2.48. The third-order valence-corrected chi connectivity index (χ3v) is 4.36. The number of carbonyl (C=O) groups excluding carboxylic acids is 1. The smallest absolute Gasteiger partial charge is 0.261 e. The topological polar surface area (TPSA) is 72.5 Å². The van der Waals surface area contributed by atoms with Crippen LogP contribution in [0.4, 0.5) is 5.69 Å². The van der Waals surface area contributed by atoms with Gasteiger partial charge in [0.25, 0.3) is 10.0 Å². The van der Waals surface area contributed by atoms with Crippen LogP contribution < -0.4 is 9.46 Å². The number of ketones is 1. The van der Waals surface area contributed by atoms with Gasteiger partial charge in [0.2, 0.25) is 0 Å². The molecule has 0 radical (unpaired) electrons. The molecule has 22 heavy (non-hydrogen) atoms. The summed E-state index contributed by atoms with van der Waals surface area (Å²) >= 11 is 0. The molecule has 0 bridgehead atoms. The van der Waals surface area contributed by atoms with Crippen LogP contribution in [-0.2, 0) is 10.0 Å². The van der Waals surface area contributed by atoms with E-state index in [0.29, 0.717) is 23.6 Å². The summed E-state index contributed by atoms with van der Waals surface area (Å²) in [5.41, 5.74) is 0.800. The van der Waals surface area contributed by atoms with Crippen molar-refractivity contribution >= 4 is 21.5 Å². The number of nitrogens with one attached hydrogen (secondary N) is 1. The number of sulfonamides is 1. The molecular weight excluding hydrogens is 302 g/mol. The summed E-state index contributed by atoms with van der Waals surface area (Å²) < 4.78 is 32.4. The highest BCUT2D eigenvalue weighted by molar-refractivity contribution is 7.92. The maximum atomic E-state index is 12.3. The summed E-state index contributed by atoms with van der Waals surface area (Å²) in [6.07, 6.45) is 0. The van der Waals surface area contributed by atoms with Crippen molar-refractivity contribution < 1.29 is 17.9 Å². The van der Waals surface area contributed by atoms with E-state index >= 15 is 0 Å². The Morgan fingerprint density at radius 1 is 1.14 bits per heavy atom. The molecule has 116 valence electrons. The molecule has 0 unspecified atom stereocenters. The molecule has 1 N–H and O–H groups in total. The SMILES string of the molecule is CCOc1ccc(S(=O)(=O)Nc2cccc(C(C)=O)c2)cc1. The number of anilines is 1. The molecular formula is C16H17NO4S. The summed E-state index contributed by atoms with van der Waals surface area (Å²) in [7, 11) is -3.70. The van der Waals surface area contributed by atoms with Gasteiger partial charge in [0.1, 0.15) is 5.75 Å². The number of rotatable bonds is 6. The van der Waals surface area contributed by atoms with Crippen LogP contribution in [0.2, 0.25) is 0 Å². The van der Waals surface area contributed by atoms with Crippen LogP contribution in [0.3, 0.4) is 0 Å². The molecule has 0 aliphatic carbocycles. The van der Waals surface area contributed by atoms with Gasteiger partial charge < -0.3 is 4.74 Å². The Bertz CT molecular complexity index is 767. The summed E-state index contributed by atoms with van der Waals surface area (Å²) in [5, 5.41) is 0. The van der Waals surface area contributed by atoms with Crippen LogP contribution in [0.15, 0.2) is 53.4 Å². The normalized spacial score (nSPS) is 11.0. The zero-order chi connectivity index (χ0) is 16.2. The lowest BCUT2D eigenvalue weighted by atomic mass is 10.1. The van der Waals surface area contributed by atoms with Crippen molar-refractivity contribution in [2.24, 2.45) is 0 Å². The van der Waals surface area contributed by atoms with Gasteiger partial charge in [-0.3, -0.25) is 9.52 Å². The van der Waals surface area contributed by atoms with E-state index in [2.05, 4.69) is 4.72 Å². The standard InChI is InChI=1S/C16H17NO4S/c1-3-21-15-7-9-16(10-8-15)22(19,20)17-14-6-4-5-13(11-14)12(2)18/h4-11,17H,3H2,1-2H3. The Hall–Kier alpha value is -2.34. The first kappa shape index (κ1) is 16.0. The van der Waals surface area contributed by atoms with E-state index in [9.17, 15) is 13.2 Å². The van der Waals surface area contributed by atoms with Crippen LogP contribution in [0.5, 0.6) is 5.75 Å². The second kappa shape index (κ2) is 6.62. The number of Topliss-reactive ketones (excluding diaryl/α,β-unsaturated/α-hetero) is 1. The minimum Gasteiger partial charge on any atom is -0.494 e. The molecule has 2 rings (SSSR count). The van der Waals surface area contributed by atoms with E-state index in [1.54, 1.807) is 30.3 Å². The molecule has 0 saturated heterocycles. The quantitative estimate of drug-likeness (QED) is 0.830. The monoisotopic (exact) mass is 319 g/mol. The lowest BCUT2D eigenvalue weighted by Crippen LogP contribution is -2.13. The number of carbonyl (C=O) groups is 1. The molecule has 0 aromatic heterocycles. The van der Waals surface area contributed by atoms with E-state index in [-0.39, 0.29) is 10.7 Å². The molecule has 0 heterocycles. The summed E-state index contributed by atoms with van der Waals surface area (Å²) in [4.78, 5) is 11.5. The second-order valence-electron chi connectivity index (χ2n) is 4.65. The lowest BCUT2D eigenvalue weighted by Gasteiger charge is -2.10. The van der Waals surface area contributed by atoms with Crippen LogP contribution in [0.25, 0.3) is 0 Å². The first-order chi connectivity index (χ1) is 10.4. The van der Waals surface area contributed by atoms with E-state index < -0.39 is 10.0 Å². The van der Waals surface area contributed by atoms with Crippen LogP contribution in [0, 0.1) is 0 Å². The Morgan fingerprint density at radius 2 is 1.82 bits per heavy atom. The Morgan fingerprint density at radius 3 is 2.41 bits per heavy atom. The third-order valence-electron chi connectivity index (χ3n) is 2.97. The van der Waals surface area contributed by atoms with Gasteiger partial charge in [0.05, 0.1) is 11.5 Å². The largest absolute Gasteiger partial charge is 0.494 e. The zero-order valence-corrected chi connectivity index (χ0v) is 13.2. The highest BCUT2D eigenvalue weighted by Crippen LogP contribution is 2.20. The molecule has 5 nitrogen and oxygen atoms in total. The lowest BCUT2D eigenvalue weighted by molar-refractivity contribution is 0.101. The summed E-state index contributed by atoms with van der Waals surface area (Å²) in [6.45, 7) is 3.80. The maximum Gasteiger partial charge on any atom is 0.261 e. The fourth-order valence-electron chi connectivity index (χ4n) is 1.90. The minimum atomic E-state index is -3.70. The molecule has 2 aromatic carbocycles. The van der Waals surface area contributed by atoms with E-state index in [1.165, 1.54) is 25.1 Å². The number of hydrogen-bond donors (Lipinski definition) is 1. The van der Waals surface area contributed by atoms with Gasteiger partial charge in [0.15, 0.2) is 5.78 Å². The fourth-order valence-corrected chi connectivity index (χ4v) is 2.95. The van der Waals surface area contributed by atoms with Crippen molar-refractivity contribution in [1.29, 1.82) is 0 Å². The summed E-state index contributed by atoms with van der Waals surface area (Å²) in [6, 6.07) is 12.5. The number of benzene rings is 2. The molecule has 0 saturated carbocycles. The van der Waals surface area contributed by atoms with Crippen molar-refractivity contribution in [2.45, 2.75) is 18.7 Å². The molecule has 0 aliphatic heterocycles. The second-order valence-corrected chi connectivity index (χ2v) is 6.33. The summed E-state index contributed by atoms with van der Waals surface area (Å²) in [5.74, 6) is 0.488. The highest BCUT2D eigenvalue weighted by atomic mass is 32.2. The predicted octanol–water partition coefficient (Wildman–Crippen LogP) is 3.09. The molecule has 0 atom stereocenters. The Labute approximate surface area is 130 Å². The van der Waals surface area contributed by atoms with Gasteiger partial charge in [-0.05, 0) is 50.2 Å². The van der Waals surface area contributed by atoms with Gasteiger partial charge in [-0.15, -0.1) is 0 Å². The van der Waals surface area contributed by atoms with Crippen molar-refractivity contribution in [3.05, 3.63) is 54.1 Å². The van der Waals surface area contributed by atoms with Crippen molar-refractivity contribution in [3.63, 3.8) is 0 Å². The maximum absolute atomic E-state index is 12.3. The van der Waals surface area contributed by atoms with Gasteiger partial charge in [-0.1, -0.05) is 12.1 Å². The fraction of sp³-hybridized carbons (Fsp3) is 0.188. The first-order valence-corrected chi connectivity index (χ1v) is 8.27. The highest BCUT2D eigenvalue weighted by Gasteiger charge is 2.14. The minimum absolute atomic E-state index is 0.123. The van der Waals surface area contributed by atoms with Gasteiger partial charge in [-0.25, -0.2) is 8.42 Å².